The van der Waals surface area contributed by atoms with Crippen LogP contribution in [0.5, 0.6) is 11.5 Å². The number of nitrogens with zero attached hydrogens (tertiary/aromatic N) is 2. The Morgan fingerprint density at radius 2 is 1.93 bits per heavy atom. The predicted octanol–water partition coefficient (Wildman–Crippen LogP) is 1.59. The largest absolute Gasteiger partial charge is 0.493 e. The van der Waals surface area contributed by atoms with Gasteiger partial charge in [0.2, 0.25) is 11.8 Å². The molecule has 0 aliphatic carbocycles. The van der Waals surface area contributed by atoms with Gasteiger partial charge in [0.05, 0.1) is 26.7 Å². The molecule has 28 heavy (non-hydrogen) atoms. The fourth-order valence-electron chi connectivity index (χ4n) is 3.27. The number of methoxy groups -OCH3 is 2. The molecule has 0 aromatic heterocycles. The Bertz CT molecular complexity index is 710. The maximum absolute atomic E-state index is 12.7. The van der Waals surface area contributed by atoms with Crippen LogP contribution in [-0.2, 0) is 16.1 Å². The quantitative estimate of drug-likeness (QED) is 0.618. The van der Waals surface area contributed by atoms with Crippen molar-refractivity contribution in [3.8, 4) is 11.5 Å². The van der Waals surface area contributed by atoms with Gasteiger partial charge in [-0.3, -0.25) is 14.5 Å². The number of amides is 2. The van der Waals surface area contributed by atoms with Gasteiger partial charge in [0.25, 0.3) is 0 Å². The van der Waals surface area contributed by atoms with Crippen LogP contribution in [0.4, 0.5) is 0 Å². The number of carbonyl (C=O) groups is 2. The van der Waals surface area contributed by atoms with Crippen molar-refractivity contribution >= 4 is 11.8 Å². The topological polar surface area (TPSA) is 71.1 Å². The zero-order chi connectivity index (χ0) is 20.5. The van der Waals surface area contributed by atoms with E-state index in [-0.39, 0.29) is 18.2 Å². The van der Waals surface area contributed by atoms with Gasteiger partial charge in [-0.15, -0.1) is 13.2 Å². The highest BCUT2D eigenvalue weighted by Gasteiger charge is 2.32. The average molecular weight is 387 g/mol. The van der Waals surface area contributed by atoms with E-state index in [1.807, 2.05) is 23.1 Å². The highest BCUT2D eigenvalue weighted by atomic mass is 16.5. The van der Waals surface area contributed by atoms with Crippen LogP contribution in [0.1, 0.15) is 12.0 Å². The normalized spacial score (nSPS) is 16.8. The smallest absolute Gasteiger partial charge is 0.237 e. The lowest BCUT2D eigenvalue weighted by molar-refractivity contribution is -0.138. The van der Waals surface area contributed by atoms with Gasteiger partial charge < -0.3 is 19.7 Å². The summed E-state index contributed by atoms with van der Waals surface area (Å²) in [6.07, 6.45) is 3.45. The number of ether oxygens (including phenoxy) is 2. The molecular weight excluding hydrogens is 358 g/mol. The van der Waals surface area contributed by atoms with Crippen molar-refractivity contribution < 1.29 is 19.1 Å². The fourth-order valence-corrected chi connectivity index (χ4v) is 3.27. The second-order valence-electron chi connectivity index (χ2n) is 6.55. The van der Waals surface area contributed by atoms with Gasteiger partial charge in [0.1, 0.15) is 0 Å². The first kappa shape index (κ1) is 21.5. The molecule has 1 N–H and O–H groups in total. The monoisotopic (exact) mass is 387 g/mol. The van der Waals surface area contributed by atoms with E-state index < -0.39 is 6.04 Å². The standard InChI is InChI=1S/C21H29N3O4/c1-5-10-23(11-6-2)20(25)14-17-21(26)22-9-12-24(17)15-16-7-8-18(27-3)19(13-16)28-4/h5-8,13,17H,1-2,9-12,14-15H2,3-4H3,(H,22,26)/t17-/m0/s1. The number of piperazine rings is 1. The summed E-state index contributed by atoms with van der Waals surface area (Å²) in [4.78, 5) is 28.9. The van der Waals surface area contributed by atoms with Gasteiger partial charge in [-0.25, -0.2) is 0 Å². The Morgan fingerprint density at radius 1 is 1.25 bits per heavy atom. The first-order valence-electron chi connectivity index (χ1n) is 9.26. The van der Waals surface area contributed by atoms with E-state index in [1.165, 1.54) is 0 Å². The fraction of sp³-hybridized carbons (Fsp3) is 0.429. The lowest BCUT2D eigenvalue weighted by atomic mass is 10.1. The van der Waals surface area contributed by atoms with Crippen LogP contribution < -0.4 is 14.8 Å². The van der Waals surface area contributed by atoms with Crippen molar-refractivity contribution in [2.24, 2.45) is 0 Å². The van der Waals surface area contributed by atoms with Gasteiger partial charge in [-0.05, 0) is 17.7 Å². The van der Waals surface area contributed by atoms with Gasteiger partial charge in [0.15, 0.2) is 11.5 Å². The lowest BCUT2D eigenvalue weighted by Gasteiger charge is -2.35. The van der Waals surface area contributed by atoms with Gasteiger partial charge in [-0.1, -0.05) is 18.2 Å². The van der Waals surface area contributed by atoms with E-state index in [2.05, 4.69) is 18.5 Å². The lowest BCUT2D eigenvalue weighted by Crippen LogP contribution is -2.56. The van der Waals surface area contributed by atoms with Crippen molar-refractivity contribution in [1.29, 1.82) is 0 Å². The molecule has 1 aliphatic heterocycles. The molecule has 0 bridgehead atoms. The Hall–Kier alpha value is -2.80. The van der Waals surface area contributed by atoms with Crippen LogP contribution in [0.25, 0.3) is 0 Å². The van der Waals surface area contributed by atoms with Crippen molar-refractivity contribution in [3.63, 3.8) is 0 Å². The summed E-state index contributed by atoms with van der Waals surface area (Å²) in [5.41, 5.74) is 0.985. The highest BCUT2D eigenvalue weighted by Crippen LogP contribution is 2.28. The molecule has 0 radical (unpaired) electrons. The van der Waals surface area contributed by atoms with E-state index >= 15 is 0 Å². The van der Waals surface area contributed by atoms with Crippen LogP contribution in [0.2, 0.25) is 0 Å². The van der Waals surface area contributed by atoms with E-state index in [0.29, 0.717) is 44.2 Å². The second-order valence-corrected chi connectivity index (χ2v) is 6.55. The van der Waals surface area contributed by atoms with Crippen molar-refractivity contribution in [2.45, 2.75) is 19.0 Å². The summed E-state index contributed by atoms with van der Waals surface area (Å²) >= 11 is 0. The maximum atomic E-state index is 12.7. The molecule has 1 heterocycles. The first-order chi connectivity index (χ1) is 13.5. The summed E-state index contributed by atoms with van der Waals surface area (Å²) in [7, 11) is 3.18. The van der Waals surface area contributed by atoms with E-state index in [9.17, 15) is 9.59 Å². The summed E-state index contributed by atoms with van der Waals surface area (Å²) in [6, 6.07) is 5.15. The Kier molecular flexibility index (Phi) is 8.07. The molecular formula is C21H29N3O4. The third-order valence-electron chi connectivity index (χ3n) is 4.69. The minimum atomic E-state index is -0.522. The molecule has 2 rings (SSSR count). The summed E-state index contributed by atoms with van der Waals surface area (Å²) < 4.78 is 10.6. The maximum Gasteiger partial charge on any atom is 0.237 e. The summed E-state index contributed by atoms with van der Waals surface area (Å²) in [6.45, 7) is 9.99. The van der Waals surface area contributed by atoms with Crippen molar-refractivity contribution in [1.82, 2.24) is 15.1 Å². The van der Waals surface area contributed by atoms with Crippen LogP contribution in [0.15, 0.2) is 43.5 Å². The first-order valence-corrected chi connectivity index (χ1v) is 9.26. The third kappa shape index (κ3) is 5.36. The average Bonchev–Trinajstić information content (AvgIpc) is 2.70. The van der Waals surface area contributed by atoms with Crippen LogP contribution >= 0.6 is 0 Å². The van der Waals surface area contributed by atoms with Crippen molar-refractivity contribution in [2.75, 3.05) is 40.4 Å². The molecule has 1 aromatic carbocycles. The van der Waals surface area contributed by atoms with Crippen molar-refractivity contribution in [3.05, 3.63) is 49.1 Å². The van der Waals surface area contributed by atoms with E-state index in [0.717, 1.165) is 5.56 Å². The minimum Gasteiger partial charge on any atom is -0.493 e. The van der Waals surface area contributed by atoms with Gasteiger partial charge in [0, 0.05) is 32.7 Å². The van der Waals surface area contributed by atoms with Gasteiger partial charge in [-0.2, -0.15) is 0 Å². The van der Waals surface area contributed by atoms with Crippen LogP contribution in [0, 0.1) is 0 Å². The predicted molar refractivity (Wildman–Crippen MR) is 108 cm³/mol. The molecule has 1 aliphatic rings. The molecule has 1 fully saturated rings. The number of hydrogen-bond acceptors (Lipinski definition) is 5. The Labute approximate surface area is 166 Å². The number of benzene rings is 1. The van der Waals surface area contributed by atoms with E-state index in [1.54, 1.807) is 31.3 Å². The zero-order valence-electron chi connectivity index (χ0n) is 16.6. The van der Waals surface area contributed by atoms with Crippen LogP contribution in [0.3, 0.4) is 0 Å². The van der Waals surface area contributed by atoms with Crippen LogP contribution in [-0.4, -0.2) is 68.1 Å². The molecule has 2 amide bonds. The molecule has 1 aromatic rings. The number of carbonyl (C=O) groups excluding carboxylic acids is 2. The summed E-state index contributed by atoms with van der Waals surface area (Å²) in [5.74, 6) is 1.06. The number of nitrogens with one attached hydrogen (secondary N) is 1. The molecule has 0 spiro atoms. The Morgan fingerprint density at radius 3 is 2.54 bits per heavy atom. The molecule has 7 nitrogen and oxygen atoms in total. The third-order valence-corrected chi connectivity index (χ3v) is 4.69. The molecule has 1 atom stereocenters. The summed E-state index contributed by atoms with van der Waals surface area (Å²) in [5, 5.41) is 2.86. The van der Waals surface area contributed by atoms with Gasteiger partial charge >= 0.3 is 0 Å². The molecule has 1 saturated heterocycles. The Balaban J connectivity index is 2.15. The molecule has 152 valence electrons. The second kappa shape index (κ2) is 10.5. The highest BCUT2D eigenvalue weighted by molar-refractivity contribution is 5.89. The SMILES string of the molecule is C=CCN(CC=C)C(=O)C[C@H]1C(=O)NCCN1Cc1ccc(OC)c(OC)c1. The van der Waals surface area contributed by atoms with E-state index in [4.69, 9.17) is 9.47 Å². The zero-order valence-corrected chi connectivity index (χ0v) is 16.6. The number of hydrogen-bond donors (Lipinski definition) is 1. The minimum absolute atomic E-state index is 0.0980. The molecule has 0 saturated carbocycles. The number of rotatable bonds is 10. The molecule has 7 heteroatoms. The molecule has 0 unspecified atom stereocenters.